The second kappa shape index (κ2) is 9.78. The monoisotopic (exact) mass is 269 g/mol. The van der Waals surface area contributed by atoms with Crippen LogP contribution in [0.5, 0.6) is 0 Å². The Balaban J connectivity index is 3.52. The van der Waals surface area contributed by atoms with Crippen molar-refractivity contribution in [1.82, 2.24) is 4.72 Å². The Hall–Kier alpha value is -0.210. The van der Waals surface area contributed by atoms with Gasteiger partial charge in [-0.2, -0.15) is 0 Å². The highest BCUT2D eigenvalue weighted by atomic mass is 32.2. The first-order valence-electron chi connectivity index (χ1n) is 5.63. The molecule has 0 heterocycles. The molecular formula is C10H23NO5S. The maximum absolute atomic E-state index is 11.4. The topological polar surface area (TPSA) is 73.9 Å². The predicted octanol–water partition coefficient (Wildman–Crippen LogP) is -0.00620. The molecule has 7 heteroatoms. The molecule has 0 aliphatic rings. The van der Waals surface area contributed by atoms with Gasteiger partial charge in [0.25, 0.3) is 0 Å². The Morgan fingerprint density at radius 1 is 1.12 bits per heavy atom. The van der Waals surface area contributed by atoms with Crippen LogP contribution in [-0.4, -0.2) is 60.4 Å². The first kappa shape index (κ1) is 16.8. The summed E-state index contributed by atoms with van der Waals surface area (Å²) in [6.07, 6.45) is 0.108. The van der Waals surface area contributed by atoms with E-state index in [1.807, 2.05) is 13.8 Å². The number of hydrogen-bond acceptors (Lipinski definition) is 5. The maximum atomic E-state index is 11.4. The highest BCUT2D eigenvalue weighted by molar-refractivity contribution is 7.89. The summed E-state index contributed by atoms with van der Waals surface area (Å²) in [7, 11) is -1.70. The lowest BCUT2D eigenvalue weighted by Gasteiger charge is -2.09. The molecule has 1 N–H and O–H groups in total. The lowest BCUT2D eigenvalue weighted by Crippen LogP contribution is -2.31. The summed E-state index contributed by atoms with van der Waals surface area (Å²) in [5.74, 6) is -0.0433. The molecule has 17 heavy (non-hydrogen) atoms. The molecular weight excluding hydrogens is 246 g/mol. The first-order chi connectivity index (χ1) is 7.98. The Bertz CT molecular complexity index is 266. The minimum absolute atomic E-state index is 0.0433. The molecule has 0 aromatic heterocycles. The third kappa shape index (κ3) is 12.0. The number of sulfonamides is 1. The molecule has 0 fully saturated rings. The average molecular weight is 269 g/mol. The molecule has 0 radical (unpaired) electrons. The van der Waals surface area contributed by atoms with Gasteiger partial charge in [-0.15, -0.1) is 0 Å². The van der Waals surface area contributed by atoms with E-state index in [1.165, 1.54) is 0 Å². The van der Waals surface area contributed by atoms with Gasteiger partial charge in [-0.1, -0.05) is 0 Å². The summed E-state index contributed by atoms with van der Waals surface area (Å²) in [5, 5.41) is 0. The van der Waals surface area contributed by atoms with Gasteiger partial charge in [0.15, 0.2) is 0 Å². The van der Waals surface area contributed by atoms with E-state index in [0.29, 0.717) is 26.4 Å². The van der Waals surface area contributed by atoms with E-state index >= 15 is 0 Å². The van der Waals surface area contributed by atoms with Crippen LogP contribution < -0.4 is 4.72 Å². The predicted molar refractivity (Wildman–Crippen MR) is 65.6 cm³/mol. The summed E-state index contributed by atoms with van der Waals surface area (Å²) < 4.78 is 40.4. The molecule has 0 aliphatic carbocycles. The first-order valence-corrected chi connectivity index (χ1v) is 7.29. The molecule has 0 rings (SSSR count). The Morgan fingerprint density at radius 2 is 1.82 bits per heavy atom. The summed E-state index contributed by atoms with van der Waals surface area (Å²) in [6.45, 7) is 5.51. The van der Waals surface area contributed by atoms with Crippen LogP contribution in [0.25, 0.3) is 0 Å². The van der Waals surface area contributed by atoms with E-state index in [-0.39, 0.29) is 18.5 Å². The van der Waals surface area contributed by atoms with Crippen molar-refractivity contribution in [1.29, 1.82) is 0 Å². The van der Waals surface area contributed by atoms with Gasteiger partial charge in [0.1, 0.15) is 0 Å². The van der Waals surface area contributed by atoms with Crippen molar-refractivity contribution in [3.63, 3.8) is 0 Å². The standard InChI is InChI=1S/C10H23NO5S/c1-10(2)16-5-4-11-17(12,13)9-8-15-7-6-14-3/h10-11H,4-9H2,1-3H3. The average Bonchev–Trinajstić information content (AvgIpc) is 2.24. The Morgan fingerprint density at radius 3 is 2.41 bits per heavy atom. The molecule has 6 nitrogen and oxygen atoms in total. The van der Waals surface area contributed by atoms with Crippen LogP contribution in [-0.2, 0) is 24.2 Å². The summed E-state index contributed by atoms with van der Waals surface area (Å²) >= 11 is 0. The fraction of sp³-hybridized carbons (Fsp3) is 1.00. The van der Waals surface area contributed by atoms with Gasteiger partial charge < -0.3 is 14.2 Å². The smallest absolute Gasteiger partial charge is 0.213 e. The quantitative estimate of drug-likeness (QED) is 0.534. The second-order valence-corrected chi connectivity index (χ2v) is 5.66. The van der Waals surface area contributed by atoms with Crippen LogP contribution in [0.4, 0.5) is 0 Å². The molecule has 0 unspecified atom stereocenters. The van der Waals surface area contributed by atoms with Gasteiger partial charge in [0, 0.05) is 13.7 Å². The molecule has 0 atom stereocenters. The van der Waals surface area contributed by atoms with Crippen LogP contribution in [0.2, 0.25) is 0 Å². The zero-order valence-corrected chi connectivity index (χ0v) is 11.6. The van der Waals surface area contributed by atoms with Gasteiger partial charge >= 0.3 is 0 Å². The molecule has 104 valence electrons. The molecule has 0 aromatic rings. The fourth-order valence-corrected chi connectivity index (χ4v) is 1.85. The minimum Gasteiger partial charge on any atom is -0.382 e. The molecule has 0 bridgehead atoms. The SMILES string of the molecule is COCCOCCS(=O)(=O)NCCOC(C)C. The van der Waals surface area contributed by atoms with E-state index in [0.717, 1.165) is 0 Å². The Kier molecular flexibility index (Phi) is 9.66. The van der Waals surface area contributed by atoms with Crippen molar-refractivity contribution in [2.45, 2.75) is 20.0 Å². The van der Waals surface area contributed by atoms with Crippen LogP contribution in [0.1, 0.15) is 13.8 Å². The van der Waals surface area contributed by atoms with Gasteiger partial charge in [-0.05, 0) is 13.8 Å². The molecule has 0 aromatic carbocycles. The summed E-state index contributed by atoms with van der Waals surface area (Å²) in [5.41, 5.74) is 0. The van der Waals surface area contributed by atoms with E-state index < -0.39 is 10.0 Å². The molecule has 0 spiro atoms. The maximum Gasteiger partial charge on any atom is 0.213 e. The molecule has 0 saturated heterocycles. The zero-order chi connectivity index (χ0) is 13.1. The third-order valence-corrected chi connectivity index (χ3v) is 3.15. The molecule has 0 amide bonds. The fourth-order valence-electron chi connectivity index (χ4n) is 0.977. The van der Waals surface area contributed by atoms with Crippen molar-refractivity contribution in [2.75, 3.05) is 45.8 Å². The number of rotatable bonds is 11. The summed E-state index contributed by atoms with van der Waals surface area (Å²) in [6, 6.07) is 0. The van der Waals surface area contributed by atoms with Crippen molar-refractivity contribution >= 4 is 10.0 Å². The lowest BCUT2D eigenvalue weighted by molar-refractivity contribution is 0.0779. The number of ether oxygens (including phenoxy) is 3. The molecule has 0 aliphatic heterocycles. The van der Waals surface area contributed by atoms with Gasteiger partial charge in [-0.3, -0.25) is 0 Å². The van der Waals surface area contributed by atoms with E-state index in [1.54, 1.807) is 7.11 Å². The minimum atomic E-state index is -3.26. The highest BCUT2D eigenvalue weighted by Crippen LogP contribution is 1.88. The normalized spacial score (nSPS) is 12.2. The van der Waals surface area contributed by atoms with Crippen LogP contribution >= 0.6 is 0 Å². The van der Waals surface area contributed by atoms with Crippen molar-refractivity contribution in [3.8, 4) is 0 Å². The van der Waals surface area contributed by atoms with Gasteiger partial charge in [0.2, 0.25) is 10.0 Å². The number of methoxy groups -OCH3 is 1. The van der Waals surface area contributed by atoms with Crippen LogP contribution in [0.15, 0.2) is 0 Å². The largest absolute Gasteiger partial charge is 0.382 e. The third-order valence-electron chi connectivity index (χ3n) is 1.80. The van der Waals surface area contributed by atoms with Crippen molar-refractivity contribution in [3.05, 3.63) is 0 Å². The zero-order valence-electron chi connectivity index (χ0n) is 10.8. The van der Waals surface area contributed by atoms with Crippen molar-refractivity contribution in [2.24, 2.45) is 0 Å². The number of nitrogens with one attached hydrogen (secondary N) is 1. The second-order valence-electron chi connectivity index (χ2n) is 3.74. The number of hydrogen-bond donors (Lipinski definition) is 1. The highest BCUT2D eigenvalue weighted by Gasteiger charge is 2.09. The van der Waals surface area contributed by atoms with E-state index in [2.05, 4.69) is 4.72 Å². The van der Waals surface area contributed by atoms with Gasteiger partial charge in [0.05, 0.1) is 38.3 Å². The van der Waals surface area contributed by atoms with Gasteiger partial charge in [-0.25, -0.2) is 13.1 Å². The van der Waals surface area contributed by atoms with E-state index in [4.69, 9.17) is 14.2 Å². The Labute approximate surface area is 104 Å². The van der Waals surface area contributed by atoms with Crippen LogP contribution in [0, 0.1) is 0 Å². The van der Waals surface area contributed by atoms with Crippen LogP contribution in [0.3, 0.4) is 0 Å². The van der Waals surface area contributed by atoms with E-state index in [9.17, 15) is 8.42 Å². The summed E-state index contributed by atoms with van der Waals surface area (Å²) in [4.78, 5) is 0. The van der Waals surface area contributed by atoms with Crippen molar-refractivity contribution < 1.29 is 22.6 Å². The lowest BCUT2D eigenvalue weighted by atomic mass is 10.5. The molecule has 0 saturated carbocycles.